The minimum atomic E-state index is -0.197. The lowest BCUT2D eigenvalue weighted by Crippen LogP contribution is -2.09. The van der Waals surface area contributed by atoms with Crippen molar-refractivity contribution < 1.29 is 4.79 Å². The zero-order valence-corrected chi connectivity index (χ0v) is 11.0. The fourth-order valence-electron chi connectivity index (χ4n) is 1.51. The minimum Gasteiger partial charge on any atom is -0.357 e. The van der Waals surface area contributed by atoms with E-state index < -0.39 is 0 Å². The Morgan fingerprint density at radius 1 is 1.56 bits per heavy atom. The second kappa shape index (κ2) is 5.22. The van der Waals surface area contributed by atoms with Crippen molar-refractivity contribution in [3.05, 3.63) is 46.1 Å². The predicted octanol–water partition coefficient (Wildman–Crippen LogP) is 1.39. The zero-order chi connectivity index (χ0) is 13.1. The van der Waals surface area contributed by atoms with E-state index in [-0.39, 0.29) is 17.1 Å². The average Bonchev–Trinajstić information content (AvgIpc) is 2.71. The van der Waals surface area contributed by atoms with Crippen molar-refractivity contribution in [2.45, 2.75) is 12.1 Å². The van der Waals surface area contributed by atoms with Crippen molar-refractivity contribution in [3.63, 3.8) is 0 Å². The van der Waals surface area contributed by atoms with Crippen LogP contribution in [0, 0.1) is 6.92 Å². The van der Waals surface area contributed by atoms with Gasteiger partial charge >= 0.3 is 0 Å². The van der Waals surface area contributed by atoms with E-state index in [2.05, 4.69) is 9.97 Å². The quantitative estimate of drug-likeness (QED) is 0.514. The van der Waals surface area contributed by atoms with Gasteiger partial charge in [-0.3, -0.25) is 9.59 Å². The molecule has 1 N–H and O–H groups in total. The maximum Gasteiger partial charge on any atom is 0.251 e. The Hall–Kier alpha value is -1.82. The largest absolute Gasteiger partial charge is 0.357 e. The number of carbonyl (C=O) groups is 1. The fraction of sp³-hybridized carbons (Fsp3) is 0.250. The molecule has 0 saturated heterocycles. The summed E-state index contributed by atoms with van der Waals surface area (Å²) in [5.74, 6) is 0.279. The Morgan fingerprint density at radius 2 is 2.33 bits per heavy atom. The summed E-state index contributed by atoms with van der Waals surface area (Å²) in [6, 6.07) is 3.19. The molecule has 2 aromatic rings. The summed E-state index contributed by atoms with van der Waals surface area (Å²) < 4.78 is 1.82. The third-order valence-corrected chi connectivity index (χ3v) is 3.22. The summed E-state index contributed by atoms with van der Waals surface area (Å²) >= 11 is 1.24. The molecule has 0 aliphatic carbocycles. The maximum absolute atomic E-state index is 11.8. The van der Waals surface area contributed by atoms with Crippen LogP contribution >= 0.6 is 11.8 Å². The number of H-pyrrole nitrogens is 1. The number of aromatic amines is 1. The molecule has 18 heavy (non-hydrogen) atoms. The van der Waals surface area contributed by atoms with Gasteiger partial charge in [-0.05, 0) is 13.0 Å². The number of aromatic nitrogens is 3. The van der Waals surface area contributed by atoms with Gasteiger partial charge in [-0.15, -0.1) is 0 Å². The van der Waals surface area contributed by atoms with E-state index in [1.807, 2.05) is 17.8 Å². The molecule has 0 aliphatic heterocycles. The van der Waals surface area contributed by atoms with Crippen molar-refractivity contribution >= 4 is 17.5 Å². The summed E-state index contributed by atoms with van der Waals surface area (Å²) in [7, 11) is 1.86. The first-order valence-electron chi connectivity index (χ1n) is 5.40. The summed E-state index contributed by atoms with van der Waals surface area (Å²) in [4.78, 5) is 29.8. The van der Waals surface area contributed by atoms with Gasteiger partial charge in [-0.2, -0.15) is 0 Å². The highest BCUT2D eigenvalue weighted by Crippen LogP contribution is 2.14. The van der Waals surface area contributed by atoms with Crippen molar-refractivity contribution in [1.82, 2.24) is 14.5 Å². The van der Waals surface area contributed by atoms with Gasteiger partial charge in [-0.25, -0.2) is 4.98 Å². The lowest BCUT2D eigenvalue weighted by Gasteiger charge is -2.00. The molecular weight excluding hydrogens is 250 g/mol. The predicted molar refractivity (Wildman–Crippen MR) is 70.1 cm³/mol. The molecule has 2 aromatic heterocycles. The highest BCUT2D eigenvalue weighted by molar-refractivity contribution is 7.99. The summed E-state index contributed by atoms with van der Waals surface area (Å²) in [5, 5.41) is 0.476. The summed E-state index contributed by atoms with van der Waals surface area (Å²) in [5.41, 5.74) is 1.12. The number of nitrogens with zero attached hydrogens (tertiary/aromatic N) is 2. The second-order valence-corrected chi connectivity index (χ2v) is 4.93. The molecule has 0 saturated carbocycles. The number of nitrogens with one attached hydrogen (secondary N) is 1. The molecule has 0 spiro atoms. The number of Topliss-reactive ketones (excluding diaryl/α,β-unsaturated/α-hetero) is 1. The smallest absolute Gasteiger partial charge is 0.251 e. The fourth-order valence-corrected chi connectivity index (χ4v) is 2.32. The normalized spacial score (nSPS) is 10.6. The average molecular weight is 263 g/mol. The zero-order valence-electron chi connectivity index (χ0n) is 10.1. The lowest BCUT2D eigenvalue weighted by atomic mass is 10.2. The molecule has 0 fully saturated rings. The molecule has 0 unspecified atom stereocenters. The standard InChI is InChI=1S/C12H13N3O2S/c1-8-5-11(17)14-12(13-8)18-7-10(16)9-3-4-15(2)6-9/h3-6H,7H2,1-2H3,(H,13,14,17). The monoisotopic (exact) mass is 263 g/mol. The molecule has 0 aliphatic rings. The van der Waals surface area contributed by atoms with E-state index in [1.54, 1.807) is 19.2 Å². The molecule has 0 radical (unpaired) electrons. The number of thioether (sulfide) groups is 1. The molecule has 94 valence electrons. The van der Waals surface area contributed by atoms with Crippen LogP contribution in [0.4, 0.5) is 0 Å². The SMILES string of the molecule is Cc1cc(=O)[nH]c(SCC(=O)c2ccn(C)c2)n1. The van der Waals surface area contributed by atoms with Gasteiger partial charge in [0.2, 0.25) is 0 Å². The molecule has 0 bridgehead atoms. The van der Waals surface area contributed by atoms with Crippen LogP contribution in [0.25, 0.3) is 0 Å². The number of hydrogen-bond acceptors (Lipinski definition) is 4. The topological polar surface area (TPSA) is 67.8 Å². The van der Waals surface area contributed by atoms with Crippen LogP contribution in [0.2, 0.25) is 0 Å². The van der Waals surface area contributed by atoms with Gasteiger partial charge in [0.05, 0.1) is 5.75 Å². The summed E-state index contributed by atoms with van der Waals surface area (Å²) in [6.45, 7) is 1.75. The van der Waals surface area contributed by atoms with E-state index >= 15 is 0 Å². The number of rotatable bonds is 4. The van der Waals surface area contributed by atoms with Crippen molar-refractivity contribution in [2.24, 2.45) is 7.05 Å². The van der Waals surface area contributed by atoms with Crippen molar-refractivity contribution in [3.8, 4) is 0 Å². The Bertz CT molecular complexity index is 630. The third kappa shape index (κ3) is 3.10. The summed E-state index contributed by atoms with van der Waals surface area (Å²) in [6.07, 6.45) is 3.60. The van der Waals surface area contributed by atoms with Crippen LogP contribution in [0.5, 0.6) is 0 Å². The first-order valence-corrected chi connectivity index (χ1v) is 6.39. The van der Waals surface area contributed by atoms with Gasteiger partial charge < -0.3 is 9.55 Å². The highest BCUT2D eigenvalue weighted by atomic mass is 32.2. The van der Waals surface area contributed by atoms with Gasteiger partial charge in [0.25, 0.3) is 5.56 Å². The molecule has 2 heterocycles. The van der Waals surface area contributed by atoms with Gasteiger partial charge in [0.1, 0.15) is 0 Å². The molecule has 0 amide bonds. The van der Waals surface area contributed by atoms with Crippen LogP contribution in [-0.2, 0) is 7.05 Å². The van der Waals surface area contributed by atoms with Gasteiger partial charge in [0.15, 0.2) is 10.9 Å². The van der Waals surface area contributed by atoms with Crippen LogP contribution < -0.4 is 5.56 Å². The maximum atomic E-state index is 11.8. The molecular formula is C12H13N3O2S. The van der Waals surface area contributed by atoms with Crippen LogP contribution in [0.3, 0.4) is 0 Å². The van der Waals surface area contributed by atoms with Gasteiger partial charge in [0, 0.05) is 36.8 Å². The van der Waals surface area contributed by atoms with Crippen LogP contribution in [-0.4, -0.2) is 26.1 Å². The van der Waals surface area contributed by atoms with Crippen LogP contribution in [0.1, 0.15) is 16.1 Å². The Kier molecular flexibility index (Phi) is 3.66. The second-order valence-electron chi connectivity index (χ2n) is 3.97. The van der Waals surface area contributed by atoms with Crippen molar-refractivity contribution in [2.75, 3.05) is 5.75 Å². The Balaban J connectivity index is 2.03. The number of hydrogen-bond donors (Lipinski definition) is 1. The number of aryl methyl sites for hydroxylation is 2. The van der Waals surface area contributed by atoms with E-state index in [0.717, 1.165) is 0 Å². The van der Waals surface area contributed by atoms with E-state index in [1.165, 1.54) is 17.8 Å². The first-order chi connectivity index (χ1) is 8.54. The Morgan fingerprint density at radius 3 is 2.94 bits per heavy atom. The Labute approximate surface area is 108 Å². The number of ketones is 1. The molecule has 6 heteroatoms. The third-order valence-electron chi connectivity index (χ3n) is 2.34. The number of carbonyl (C=O) groups excluding carboxylic acids is 1. The molecule has 0 aromatic carbocycles. The van der Waals surface area contributed by atoms with E-state index in [9.17, 15) is 9.59 Å². The lowest BCUT2D eigenvalue weighted by molar-refractivity contribution is 0.102. The highest BCUT2D eigenvalue weighted by Gasteiger charge is 2.09. The molecule has 5 nitrogen and oxygen atoms in total. The molecule has 0 atom stereocenters. The van der Waals surface area contributed by atoms with Crippen LogP contribution in [0.15, 0.2) is 34.5 Å². The first kappa shape index (κ1) is 12.6. The van der Waals surface area contributed by atoms with Gasteiger partial charge in [-0.1, -0.05) is 11.8 Å². The van der Waals surface area contributed by atoms with E-state index in [4.69, 9.17) is 0 Å². The van der Waals surface area contributed by atoms with E-state index in [0.29, 0.717) is 16.4 Å². The minimum absolute atomic E-state index is 0.0183. The molecule has 2 rings (SSSR count). The van der Waals surface area contributed by atoms with Crippen molar-refractivity contribution in [1.29, 1.82) is 0 Å².